The highest BCUT2D eigenvalue weighted by Gasteiger charge is 2.21. The molecule has 3 nitrogen and oxygen atoms in total. The Morgan fingerprint density at radius 1 is 1.53 bits per heavy atom. The molecular weight excluding hydrogens is 261 g/mol. The van der Waals surface area contributed by atoms with E-state index in [0.29, 0.717) is 9.28 Å². The molecule has 0 unspecified atom stereocenters. The summed E-state index contributed by atoms with van der Waals surface area (Å²) < 4.78 is 13.6. The van der Waals surface area contributed by atoms with Gasteiger partial charge >= 0.3 is 0 Å². The fourth-order valence-corrected chi connectivity index (χ4v) is 2.67. The predicted octanol–water partition coefficient (Wildman–Crippen LogP) is 2.86. The minimum absolute atomic E-state index is 0.0649. The lowest BCUT2D eigenvalue weighted by Crippen LogP contribution is -1.88. The van der Waals surface area contributed by atoms with Crippen molar-refractivity contribution in [1.29, 1.82) is 0 Å². The zero-order chi connectivity index (χ0) is 12.4. The highest BCUT2D eigenvalue weighted by atomic mass is 32.2. The summed E-state index contributed by atoms with van der Waals surface area (Å²) >= 11 is 2.59. The number of phenolic OH excluding ortho intramolecular Hbond substituents is 1. The molecule has 6 heteroatoms. The third-order valence-electron chi connectivity index (χ3n) is 2.05. The van der Waals surface area contributed by atoms with Gasteiger partial charge in [0.15, 0.2) is 0 Å². The number of carbonyl (C=O) groups excluding carboxylic acids is 1. The second-order valence-corrected chi connectivity index (χ2v) is 5.28. The fourth-order valence-electron chi connectivity index (χ4n) is 1.26. The van der Waals surface area contributed by atoms with Crippen molar-refractivity contribution in [1.82, 2.24) is 0 Å². The Morgan fingerprint density at radius 3 is 2.94 bits per heavy atom. The lowest BCUT2D eigenvalue weighted by atomic mass is 10.2. The van der Waals surface area contributed by atoms with E-state index in [1.165, 1.54) is 41.7 Å². The van der Waals surface area contributed by atoms with Gasteiger partial charge in [0.25, 0.3) is 5.91 Å². The first-order valence-electron chi connectivity index (χ1n) is 4.65. The summed E-state index contributed by atoms with van der Waals surface area (Å²) in [4.78, 5) is 15.7. The predicted molar refractivity (Wildman–Crippen MR) is 69.6 cm³/mol. The highest BCUT2D eigenvalue weighted by molar-refractivity contribution is 8.40. The molecule has 0 aliphatic carbocycles. The van der Waals surface area contributed by atoms with Crippen molar-refractivity contribution in [2.24, 2.45) is 4.99 Å². The number of benzene rings is 1. The van der Waals surface area contributed by atoms with Crippen LogP contribution >= 0.6 is 23.5 Å². The van der Waals surface area contributed by atoms with Crippen LogP contribution in [-0.4, -0.2) is 21.6 Å². The molecule has 0 saturated heterocycles. The molecule has 17 heavy (non-hydrogen) atoms. The second kappa shape index (κ2) is 4.93. The van der Waals surface area contributed by atoms with Gasteiger partial charge in [-0.2, -0.15) is 4.99 Å². The number of phenols is 1. The lowest BCUT2D eigenvalue weighted by molar-refractivity contribution is -0.113. The van der Waals surface area contributed by atoms with Crippen molar-refractivity contribution in [3.05, 3.63) is 34.5 Å². The van der Waals surface area contributed by atoms with Gasteiger partial charge in [0.2, 0.25) is 0 Å². The lowest BCUT2D eigenvalue weighted by Gasteiger charge is -2.00. The van der Waals surface area contributed by atoms with E-state index in [4.69, 9.17) is 0 Å². The highest BCUT2D eigenvalue weighted by Crippen LogP contribution is 2.34. The molecule has 2 rings (SSSR count). The summed E-state index contributed by atoms with van der Waals surface area (Å²) in [5.74, 6) is -0.885. The molecule has 88 valence electrons. The Hall–Kier alpha value is -1.27. The van der Waals surface area contributed by atoms with Crippen molar-refractivity contribution >= 4 is 39.9 Å². The molecule has 1 aromatic carbocycles. The van der Waals surface area contributed by atoms with Gasteiger partial charge < -0.3 is 5.11 Å². The number of halogens is 1. The Labute approximate surface area is 106 Å². The number of rotatable bonds is 1. The van der Waals surface area contributed by atoms with E-state index in [0.717, 1.165) is 6.07 Å². The van der Waals surface area contributed by atoms with Crippen LogP contribution in [0.2, 0.25) is 0 Å². The molecule has 1 aliphatic heterocycles. The van der Waals surface area contributed by atoms with Crippen LogP contribution in [0.1, 0.15) is 5.56 Å². The maximum Gasteiger partial charge on any atom is 0.285 e. The van der Waals surface area contributed by atoms with Crippen LogP contribution in [0.3, 0.4) is 0 Å². The van der Waals surface area contributed by atoms with Gasteiger partial charge in [0, 0.05) is 5.56 Å². The number of hydrogen-bond acceptors (Lipinski definition) is 4. The molecule has 1 aromatic rings. The van der Waals surface area contributed by atoms with Crippen LogP contribution in [0.5, 0.6) is 5.75 Å². The van der Waals surface area contributed by atoms with Crippen molar-refractivity contribution < 1.29 is 14.3 Å². The molecular formula is C11H8FNO2S2. The van der Waals surface area contributed by atoms with Crippen LogP contribution in [0.15, 0.2) is 28.1 Å². The van der Waals surface area contributed by atoms with Crippen molar-refractivity contribution in [3.8, 4) is 5.75 Å². The van der Waals surface area contributed by atoms with E-state index in [2.05, 4.69) is 4.99 Å². The number of carbonyl (C=O) groups is 1. The molecule has 0 spiro atoms. The van der Waals surface area contributed by atoms with Gasteiger partial charge in [-0.25, -0.2) is 4.39 Å². The van der Waals surface area contributed by atoms with Crippen molar-refractivity contribution in [2.75, 3.05) is 6.26 Å². The summed E-state index contributed by atoms with van der Waals surface area (Å²) in [7, 11) is 0. The van der Waals surface area contributed by atoms with Gasteiger partial charge in [0.05, 0.1) is 4.91 Å². The third kappa shape index (κ3) is 2.70. The Bertz CT molecular complexity index is 540. The van der Waals surface area contributed by atoms with Gasteiger partial charge in [-0.1, -0.05) is 11.8 Å². The molecule has 0 fully saturated rings. The summed E-state index contributed by atoms with van der Waals surface area (Å²) in [5.41, 5.74) is 0.276. The monoisotopic (exact) mass is 269 g/mol. The van der Waals surface area contributed by atoms with E-state index in [9.17, 15) is 14.3 Å². The van der Waals surface area contributed by atoms with Crippen LogP contribution < -0.4 is 0 Å². The van der Waals surface area contributed by atoms with E-state index >= 15 is 0 Å². The summed E-state index contributed by atoms with van der Waals surface area (Å²) in [5, 5.41) is 9.53. The largest absolute Gasteiger partial charge is 0.507 e. The Balaban J connectivity index is 2.32. The van der Waals surface area contributed by atoms with E-state index in [1.807, 2.05) is 6.26 Å². The number of nitrogens with zero attached hydrogens (tertiary/aromatic N) is 1. The average molecular weight is 269 g/mol. The first-order valence-corrected chi connectivity index (χ1v) is 6.69. The maximum absolute atomic E-state index is 13.0. The van der Waals surface area contributed by atoms with Gasteiger partial charge in [-0.15, -0.1) is 11.8 Å². The summed E-state index contributed by atoms with van der Waals surface area (Å²) in [6.45, 7) is 0. The van der Waals surface area contributed by atoms with Crippen molar-refractivity contribution in [2.45, 2.75) is 0 Å². The second-order valence-electron chi connectivity index (χ2n) is 3.20. The number of amides is 1. The maximum atomic E-state index is 13.0. The molecule has 1 amide bonds. The minimum Gasteiger partial charge on any atom is -0.507 e. The minimum atomic E-state index is -0.462. The first-order chi connectivity index (χ1) is 8.10. The molecule has 0 atom stereocenters. The quantitative estimate of drug-likeness (QED) is 0.796. The molecule has 1 heterocycles. The molecule has 0 aromatic heterocycles. The molecule has 0 saturated carbocycles. The third-order valence-corrected chi connectivity index (χ3v) is 4.02. The SMILES string of the molecule is CSC1=NC(=O)/C(=C\c2cc(F)ccc2O)S1. The summed E-state index contributed by atoms with van der Waals surface area (Å²) in [6.07, 6.45) is 3.26. The summed E-state index contributed by atoms with van der Waals surface area (Å²) in [6, 6.07) is 3.58. The van der Waals surface area contributed by atoms with E-state index in [-0.39, 0.29) is 17.2 Å². The molecule has 0 bridgehead atoms. The molecule has 1 N–H and O–H groups in total. The van der Waals surface area contributed by atoms with Crippen LogP contribution in [0.25, 0.3) is 6.08 Å². The van der Waals surface area contributed by atoms with Crippen LogP contribution in [0.4, 0.5) is 4.39 Å². The van der Waals surface area contributed by atoms with Crippen LogP contribution in [-0.2, 0) is 4.79 Å². The van der Waals surface area contributed by atoms with E-state index < -0.39 is 5.82 Å². The van der Waals surface area contributed by atoms with E-state index in [1.54, 1.807) is 0 Å². The number of hydrogen-bond donors (Lipinski definition) is 1. The zero-order valence-corrected chi connectivity index (χ0v) is 10.4. The zero-order valence-electron chi connectivity index (χ0n) is 8.81. The van der Waals surface area contributed by atoms with Gasteiger partial charge in [-0.05, 0) is 30.5 Å². The Morgan fingerprint density at radius 2 is 2.29 bits per heavy atom. The Kier molecular flexibility index (Phi) is 3.54. The van der Waals surface area contributed by atoms with Crippen molar-refractivity contribution in [3.63, 3.8) is 0 Å². The van der Waals surface area contributed by atoms with Gasteiger partial charge in [0.1, 0.15) is 15.9 Å². The smallest absolute Gasteiger partial charge is 0.285 e. The number of thioether (sulfide) groups is 2. The molecule has 0 radical (unpaired) electrons. The number of aromatic hydroxyl groups is 1. The van der Waals surface area contributed by atoms with Crippen LogP contribution in [0, 0.1) is 5.82 Å². The first kappa shape index (κ1) is 12.2. The average Bonchev–Trinajstić information content (AvgIpc) is 2.65. The molecule has 1 aliphatic rings. The normalized spacial score (nSPS) is 17.6. The standard InChI is InChI=1S/C11H8FNO2S2/c1-16-11-13-10(15)9(17-11)5-6-4-7(12)2-3-8(6)14/h2-5,14H,1H3/b9-5+. The topological polar surface area (TPSA) is 49.7 Å². The fraction of sp³-hybridized carbons (Fsp3) is 0.0909. The van der Waals surface area contributed by atoms with Gasteiger partial charge in [-0.3, -0.25) is 4.79 Å². The number of aliphatic imine (C=N–C) groups is 1.